The van der Waals surface area contributed by atoms with E-state index in [1.165, 1.54) is 11.3 Å². The lowest BCUT2D eigenvalue weighted by atomic mass is 10.3. The first-order valence-electron chi connectivity index (χ1n) is 7.29. The van der Waals surface area contributed by atoms with Gasteiger partial charge in [0.25, 0.3) is 5.91 Å². The van der Waals surface area contributed by atoms with Crippen LogP contribution in [-0.2, 0) is 13.1 Å². The Kier molecular flexibility index (Phi) is 4.13. The van der Waals surface area contributed by atoms with Gasteiger partial charge in [-0.1, -0.05) is 29.4 Å². The third kappa shape index (κ3) is 2.83. The average Bonchev–Trinajstić information content (AvgIpc) is 3.09. The van der Waals surface area contributed by atoms with Crippen molar-refractivity contribution in [3.8, 4) is 12.3 Å². The summed E-state index contributed by atoms with van der Waals surface area (Å²) in [5.74, 6) is 2.27. The Balaban J connectivity index is 2.11. The molecule has 1 aromatic carbocycles. The largest absolute Gasteiger partial charge is 0.305 e. The summed E-state index contributed by atoms with van der Waals surface area (Å²) >= 11 is 1.45. The molecule has 0 saturated carbocycles. The van der Waals surface area contributed by atoms with Crippen molar-refractivity contribution >= 4 is 27.5 Å². The number of hydrogen-bond donors (Lipinski definition) is 0. The van der Waals surface area contributed by atoms with Gasteiger partial charge in [-0.15, -0.1) is 6.42 Å². The van der Waals surface area contributed by atoms with Crippen LogP contribution in [0.3, 0.4) is 0 Å². The number of carbonyl (C=O) groups is 1. The number of aromatic nitrogens is 3. The second kappa shape index (κ2) is 6.23. The summed E-state index contributed by atoms with van der Waals surface area (Å²) in [4.78, 5) is 17.3. The molecular weight excluding hydrogens is 308 g/mol. The van der Waals surface area contributed by atoms with Crippen molar-refractivity contribution in [1.82, 2.24) is 14.3 Å². The van der Waals surface area contributed by atoms with Gasteiger partial charge < -0.3 is 4.57 Å². The molecule has 0 atom stereocenters. The van der Waals surface area contributed by atoms with E-state index in [4.69, 9.17) is 6.42 Å². The van der Waals surface area contributed by atoms with Gasteiger partial charge in [0.05, 0.1) is 16.8 Å². The molecule has 0 aliphatic rings. The van der Waals surface area contributed by atoms with E-state index in [-0.39, 0.29) is 5.91 Å². The van der Waals surface area contributed by atoms with Crippen LogP contribution in [0.25, 0.3) is 10.2 Å². The number of thiazole rings is 1. The summed E-state index contributed by atoms with van der Waals surface area (Å²) in [7, 11) is 0. The number of rotatable bonds is 3. The van der Waals surface area contributed by atoms with Crippen LogP contribution in [0.15, 0.2) is 35.3 Å². The van der Waals surface area contributed by atoms with E-state index in [1.54, 1.807) is 10.7 Å². The molecule has 2 heterocycles. The standard InChI is InChI=1S/C17H16N4OS/c1-4-10-20-14-8-6-7-9-15(14)23-17(20)18-16(22)13-11-12(3)21(5-2)19-13/h1,6-9,11H,5,10H2,2-3H3. The van der Waals surface area contributed by atoms with E-state index in [2.05, 4.69) is 16.0 Å². The first-order chi connectivity index (χ1) is 11.1. The van der Waals surface area contributed by atoms with Gasteiger partial charge in [-0.2, -0.15) is 10.1 Å². The predicted octanol–water partition coefficient (Wildman–Crippen LogP) is 2.60. The van der Waals surface area contributed by atoms with Gasteiger partial charge in [0.15, 0.2) is 10.5 Å². The second-order valence-electron chi connectivity index (χ2n) is 5.05. The number of carbonyl (C=O) groups excluding carboxylic acids is 1. The van der Waals surface area contributed by atoms with Crippen molar-refractivity contribution in [3.05, 3.63) is 46.5 Å². The molecule has 0 spiro atoms. The van der Waals surface area contributed by atoms with Crippen LogP contribution < -0.4 is 4.80 Å². The minimum atomic E-state index is -0.349. The van der Waals surface area contributed by atoms with Crippen LogP contribution in [0.1, 0.15) is 23.1 Å². The topological polar surface area (TPSA) is 52.2 Å². The van der Waals surface area contributed by atoms with Crippen LogP contribution in [0, 0.1) is 19.3 Å². The average molecular weight is 324 g/mol. The second-order valence-corrected chi connectivity index (χ2v) is 6.06. The van der Waals surface area contributed by atoms with E-state index in [0.717, 1.165) is 22.5 Å². The Morgan fingerprint density at radius 2 is 2.22 bits per heavy atom. The Bertz CT molecular complexity index is 984. The molecule has 3 aromatic rings. The van der Waals surface area contributed by atoms with Crippen molar-refractivity contribution < 1.29 is 4.79 Å². The number of hydrogen-bond acceptors (Lipinski definition) is 3. The van der Waals surface area contributed by atoms with Gasteiger partial charge in [0.2, 0.25) is 0 Å². The molecule has 1 amide bonds. The van der Waals surface area contributed by atoms with Gasteiger partial charge in [0.1, 0.15) is 0 Å². The number of amides is 1. The van der Waals surface area contributed by atoms with Crippen molar-refractivity contribution in [2.24, 2.45) is 4.99 Å². The maximum absolute atomic E-state index is 12.4. The predicted molar refractivity (Wildman–Crippen MR) is 91.2 cm³/mol. The normalized spacial score (nSPS) is 11.8. The highest BCUT2D eigenvalue weighted by Gasteiger charge is 2.12. The van der Waals surface area contributed by atoms with Crippen LogP contribution in [-0.4, -0.2) is 20.3 Å². The van der Waals surface area contributed by atoms with E-state index < -0.39 is 0 Å². The number of aryl methyl sites for hydroxylation is 2. The summed E-state index contributed by atoms with van der Waals surface area (Å²) in [5, 5.41) is 4.28. The van der Waals surface area contributed by atoms with Crippen LogP contribution in [0.5, 0.6) is 0 Å². The highest BCUT2D eigenvalue weighted by molar-refractivity contribution is 7.16. The lowest BCUT2D eigenvalue weighted by Crippen LogP contribution is -2.16. The number of para-hydroxylation sites is 1. The molecule has 0 saturated heterocycles. The molecule has 116 valence electrons. The molecule has 3 rings (SSSR count). The number of benzene rings is 1. The Morgan fingerprint density at radius 3 is 2.91 bits per heavy atom. The van der Waals surface area contributed by atoms with Crippen molar-refractivity contribution in [2.75, 3.05) is 0 Å². The quantitative estimate of drug-likeness (QED) is 0.695. The minimum Gasteiger partial charge on any atom is -0.305 e. The molecule has 23 heavy (non-hydrogen) atoms. The summed E-state index contributed by atoms with van der Waals surface area (Å²) < 4.78 is 4.70. The molecular formula is C17H16N4OS. The SMILES string of the molecule is C#CCn1c(=NC(=O)c2cc(C)n(CC)n2)sc2ccccc21. The summed E-state index contributed by atoms with van der Waals surface area (Å²) in [5.41, 5.74) is 2.28. The zero-order valence-corrected chi connectivity index (χ0v) is 13.8. The van der Waals surface area contributed by atoms with E-state index >= 15 is 0 Å². The maximum Gasteiger partial charge on any atom is 0.300 e. The summed E-state index contributed by atoms with van der Waals surface area (Å²) in [6.07, 6.45) is 5.45. The molecule has 6 heteroatoms. The van der Waals surface area contributed by atoms with E-state index in [0.29, 0.717) is 17.0 Å². The fraction of sp³-hybridized carbons (Fsp3) is 0.235. The molecule has 0 fully saturated rings. The molecule has 0 bridgehead atoms. The van der Waals surface area contributed by atoms with Gasteiger partial charge in [-0.3, -0.25) is 9.48 Å². The number of nitrogens with zero attached hydrogens (tertiary/aromatic N) is 4. The van der Waals surface area contributed by atoms with Gasteiger partial charge in [-0.05, 0) is 32.0 Å². The van der Waals surface area contributed by atoms with E-state index in [1.807, 2.05) is 42.7 Å². The zero-order valence-electron chi connectivity index (χ0n) is 13.0. The molecule has 0 aliphatic heterocycles. The van der Waals surface area contributed by atoms with Crippen molar-refractivity contribution in [2.45, 2.75) is 26.9 Å². The van der Waals surface area contributed by atoms with Crippen molar-refractivity contribution in [1.29, 1.82) is 0 Å². The number of terminal acetylenes is 1. The lowest BCUT2D eigenvalue weighted by molar-refractivity contribution is 0.0992. The smallest absolute Gasteiger partial charge is 0.300 e. The highest BCUT2D eigenvalue weighted by Crippen LogP contribution is 2.16. The van der Waals surface area contributed by atoms with Crippen LogP contribution >= 0.6 is 11.3 Å². The lowest BCUT2D eigenvalue weighted by Gasteiger charge is -1.98. The molecule has 0 N–H and O–H groups in total. The zero-order chi connectivity index (χ0) is 16.4. The molecule has 0 unspecified atom stereocenters. The Morgan fingerprint density at radius 1 is 1.43 bits per heavy atom. The van der Waals surface area contributed by atoms with E-state index in [9.17, 15) is 4.79 Å². The maximum atomic E-state index is 12.4. The fourth-order valence-electron chi connectivity index (χ4n) is 2.43. The Labute approximate surface area is 137 Å². The number of fused-ring (bicyclic) bond motifs is 1. The van der Waals surface area contributed by atoms with Crippen LogP contribution in [0.4, 0.5) is 0 Å². The van der Waals surface area contributed by atoms with Gasteiger partial charge in [0, 0.05) is 12.2 Å². The first-order valence-corrected chi connectivity index (χ1v) is 8.11. The fourth-order valence-corrected chi connectivity index (χ4v) is 3.46. The van der Waals surface area contributed by atoms with Gasteiger partial charge >= 0.3 is 0 Å². The third-order valence-electron chi connectivity index (χ3n) is 3.53. The highest BCUT2D eigenvalue weighted by atomic mass is 32.1. The molecule has 2 aromatic heterocycles. The minimum absolute atomic E-state index is 0.349. The molecule has 0 radical (unpaired) electrons. The first kappa shape index (κ1) is 15.3. The summed E-state index contributed by atoms with van der Waals surface area (Å²) in [6, 6.07) is 9.63. The van der Waals surface area contributed by atoms with Crippen LogP contribution in [0.2, 0.25) is 0 Å². The van der Waals surface area contributed by atoms with Gasteiger partial charge in [-0.25, -0.2) is 0 Å². The van der Waals surface area contributed by atoms with Crippen molar-refractivity contribution in [3.63, 3.8) is 0 Å². The molecule has 5 nitrogen and oxygen atoms in total. The Hall–Kier alpha value is -2.65. The monoisotopic (exact) mass is 324 g/mol. The third-order valence-corrected chi connectivity index (χ3v) is 4.59. The molecule has 0 aliphatic carbocycles. The summed E-state index contributed by atoms with van der Waals surface area (Å²) in [6.45, 7) is 5.00.